The lowest BCUT2D eigenvalue weighted by Crippen LogP contribution is -2.13. The average molecular weight is 291 g/mol. The van der Waals surface area contributed by atoms with Crippen molar-refractivity contribution in [2.45, 2.75) is 11.2 Å². The van der Waals surface area contributed by atoms with Crippen LogP contribution >= 0.6 is 31.9 Å². The van der Waals surface area contributed by atoms with E-state index in [2.05, 4.69) is 55.4 Å². The minimum Gasteiger partial charge on any atom is -0.385 e. The molecule has 1 aliphatic rings. The first kappa shape index (κ1) is 8.57. The maximum absolute atomic E-state index is 3.66. The van der Waals surface area contributed by atoms with Gasteiger partial charge in [0.1, 0.15) is 0 Å². The van der Waals surface area contributed by atoms with Crippen LogP contribution in [0.1, 0.15) is 16.8 Å². The van der Waals surface area contributed by atoms with Gasteiger partial charge in [0.15, 0.2) is 0 Å². The molecule has 3 heteroatoms. The van der Waals surface area contributed by atoms with E-state index in [1.807, 2.05) is 0 Å². The summed E-state index contributed by atoms with van der Waals surface area (Å²) >= 11 is 7.11. The van der Waals surface area contributed by atoms with Crippen LogP contribution in [0.2, 0.25) is 0 Å². The quantitative estimate of drug-likeness (QED) is 0.719. The number of nitrogens with one attached hydrogen (secondary N) is 1. The molecular weight excluding hydrogens is 282 g/mol. The minimum atomic E-state index is 0.516. The zero-order valence-corrected chi connectivity index (χ0v) is 9.65. The van der Waals surface area contributed by atoms with E-state index in [9.17, 15) is 0 Å². The molecule has 1 aromatic carbocycles. The number of hydrogen-bond acceptors (Lipinski definition) is 1. The van der Waals surface area contributed by atoms with E-state index in [1.54, 1.807) is 0 Å². The lowest BCUT2D eigenvalue weighted by atomic mass is 10.0. The van der Waals surface area contributed by atoms with Crippen LogP contribution in [0, 0.1) is 0 Å². The fourth-order valence-electron chi connectivity index (χ4n) is 1.44. The van der Waals surface area contributed by atoms with Gasteiger partial charge in [-0.25, -0.2) is 0 Å². The molecule has 0 radical (unpaired) electrons. The summed E-state index contributed by atoms with van der Waals surface area (Å²) < 4.78 is 1.13. The maximum atomic E-state index is 3.66. The van der Waals surface area contributed by atoms with Gasteiger partial charge in [-0.05, 0) is 24.1 Å². The van der Waals surface area contributed by atoms with Crippen molar-refractivity contribution in [3.05, 3.63) is 28.2 Å². The number of fused-ring (bicyclic) bond motifs is 1. The van der Waals surface area contributed by atoms with Crippen molar-refractivity contribution >= 4 is 37.5 Å². The Morgan fingerprint density at radius 2 is 2.25 bits per heavy atom. The number of anilines is 1. The van der Waals surface area contributed by atoms with Crippen LogP contribution in [0.15, 0.2) is 22.7 Å². The zero-order chi connectivity index (χ0) is 8.55. The summed E-state index contributed by atoms with van der Waals surface area (Å²) in [5.41, 5.74) is 2.61. The van der Waals surface area contributed by atoms with E-state index < -0.39 is 0 Å². The van der Waals surface area contributed by atoms with Gasteiger partial charge in [0.2, 0.25) is 0 Å². The largest absolute Gasteiger partial charge is 0.385 e. The molecule has 0 saturated heterocycles. The number of hydrogen-bond donors (Lipinski definition) is 1. The second kappa shape index (κ2) is 3.38. The molecule has 1 unspecified atom stereocenters. The first-order chi connectivity index (χ1) is 5.77. The molecule has 1 N–H and O–H groups in total. The maximum Gasteiger partial charge on any atom is 0.0432 e. The van der Waals surface area contributed by atoms with Crippen LogP contribution in [0.5, 0.6) is 0 Å². The van der Waals surface area contributed by atoms with Crippen molar-refractivity contribution in [2.75, 3.05) is 11.9 Å². The molecule has 0 bridgehead atoms. The highest BCUT2D eigenvalue weighted by Crippen LogP contribution is 2.36. The number of halogens is 2. The molecule has 0 saturated carbocycles. The topological polar surface area (TPSA) is 12.0 Å². The third-order valence-electron chi connectivity index (χ3n) is 2.07. The Morgan fingerprint density at radius 3 is 3.08 bits per heavy atom. The summed E-state index contributed by atoms with van der Waals surface area (Å²) in [6.07, 6.45) is 1.16. The van der Waals surface area contributed by atoms with Gasteiger partial charge >= 0.3 is 0 Å². The first-order valence-electron chi connectivity index (χ1n) is 3.95. The van der Waals surface area contributed by atoms with Gasteiger partial charge in [-0.1, -0.05) is 37.9 Å². The summed E-state index contributed by atoms with van der Waals surface area (Å²) in [4.78, 5) is 0.516. The van der Waals surface area contributed by atoms with Crippen molar-refractivity contribution in [1.29, 1.82) is 0 Å². The standard InChI is InChI=1S/C9H9Br2N/c10-6-1-2-7-8(11)3-4-12-9(7)5-6/h1-2,5,8,12H,3-4H2. The Balaban J connectivity index is 2.46. The van der Waals surface area contributed by atoms with Crippen LogP contribution in [0.3, 0.4) is 0 Å². The van der Waals surface area contributed by atoms with Crippen LogP contribution < -0.4 is 5.32 Å². The molecule has 1 aliphatic heterocycles. The molecule has 1 atom stereocenters. The highest BCUT2D eigenvalue weighted by Gasteiger charge is 2.16. The van der Waals surface area contributed by atoms with Gasteiger partial charge in [-0.15, -0.1) is 0 Å². The zero-order valence-electron chi connectivity index (χ0n) is 6.48. The van der Waals surface area contributed by atoms with Crippen molar-refractivity contribution < 1.29 is 0 Å². The van der Waals surface area contributed by atoms with Crippen LogP contribution in [0.4, 0.5) is 5.69 Å². The molecule has 2 rings (SSSR count). The Hall–Kier alpha value is -0.0200. The second-order valence-electron chi connectivity index (χ2n) is 2.91. The molecule has 64 valence electrons. The molecule has 1 aromatic rings. The van der Waals surface area contributed by atoms with Crippen molar-refractivity contribution in [1.82, 2.24) is 0 Å². The van der Waals surface area contributed by atoms with E-state index in [1.165, 1.54) is 11.3 Å². The van der Waals surface area contributed by atoms with Gasteiger partial charge in [0.05, 0.1) is 0 Å². The van der Waals surface area contributed by atoms with Crippen LogP contribution in [0.25, 0.3) is 0 Å². The number of alkyl halides is 1. The Morgan fingerprint density at radius 1 is 1.42 bits per heavy atom. The van der Waals surface area contributed by atoms with Crippen LogP contribution in [-0.2, 0) is 0 Å². The SMILES string of the molecule is Brc1ccc2c(c1)NCCC2Br. The predicted molar refractivity (Wildman–Crippen MR) is 58.9 cm³/mol. The van der Waals surface area contributed by atoms with Gasteiger partial charge in [0.25, 0.3) is 0 Å². The summed E-state index contributed by atoms with van der Waals surface area (Å²) in [5.74, 6) is 0. The van der Waals surface area contributed by atoms with Gasteiger partial charge < -0.3 is 5.32 Å². The normalized spacial score (nSPS) is 21.3. The summed E-state index contributed by atoms with van der Waals surface area (Å²) in [6.45, 7) is 1.05. The molecular formula is C9H9Br2N. The Bertz CT molecular complexity index is 299. The van der Waals surface area contributed by atoms with Gasteiger partial charge in [0, 0.05) is 21.5 Å². The molecule has 0 spiro atoms. The number of benzene rings is 1. The molecule has 0 aromatic heterocycles. The van der Waals surface area contributed by atoms with E-state index in [4.69, 9.17) is 0 Å². The monoisotopic (exact) mass is 289 g/mol. The van der Waals surface area contributed by atoms with Crippen LogP contribution in [-0.4, -0.2) is 6.54 Å². The second-order valence-corrected chi connectivity index (χ2v) is 4.94. The Labute approximate surface area is 88.8 Å². The number of rotatable bonds is 0. The molecule has 1 heterocycles. The molecule has 0 aliphatic carbocycles. The first-order valence-corrected chi connectivity index (χ1v) is 5.65. The van der Waals surface area contributed by atoms with Crippen molar-refractivity contribution in [2.24, 2.45) is 0 Å². The molecule has 1 nitrogen and oxygen atoms in total. The van der Waals surface area contributed by atoms with E-state index >= 15 is 0 Å². The van der Waals surface area contributed by atoms with E-state index in [0.29, 0.717) is 4.83 Å². The highest BCUT2D eigenvalue weighted by atomic mass is 79.9. The predicted octanol–water partition coefficient (Wildman–Crippen LogP) is 3.70. The van der Waals surface area contributed by atoms with E-state index in [0.717, 1.165) is 17.4 Å². The highest BCUT2D eigenvalue weighted by molar-refractivity contribution is 9.10. The average Bonchev–Trinajstić information content (AvgIpc) is 2.04. The summed E-state index contributed by atoms with van der Waals surface area (Å²) in [6, 6.07) is 6.37. The molecule has 12 heavy (non-hydrogen) atoms. The fraction of sp³-hybridized carbons (Fsp3) is 0.333. The molecule has 0 amide bonds. The molecule has 0 fully saturated rings. The van der Waals surface area contributed by atoms with Gasteiger partial charge in [-0.3, -0.25) is 0 Å². The van der Waals surface area contributed by atoms with Crippen molar-refractivity contribution in [3.8, 4) is 0 Å². The summed E-state index contributed by atoms with van der Waals surface area (Å²) in [7, 11) is 0. The third-order valence-corrected chi connectivity index (χ3v) is 3.51. The Kier molecular flexibility index (Phi) is 2.42. The lowest BCUT2D eigenvalue weighted by molar-refractivity contribution is 0.822. The fourth-order valence-corrected chi connectivity index (χ4v) is 2.43. The lowest BCUT2D eigenvalue weighted by Gasteiger charge is -2.22. The smallest absolute Gasteiger partial charge is 0.0432 e. The third kappa shape index (κ3) is 1.52. The van der Waals surface area contributed by atoms with Gasteiger partial charge in [-0.2, -0.15) is 0 Å². The van der Waals surface area contributed by atoms with Crippen molar-refractivity contribution in [3.63, 3.8) is 0 Å². The minimum absolute atomic E-state index is 0.516. The van der Waals surface area contributed by atoms with E-state index in [-0.39, 0.29) is 0 Å². The summed E-state index contributed by atoms with van der Waals surface area (Å²) in [5, 5.41) is 3.37.